The lowest BCUT2D eigenvalue weighted by Gasteiger charge is -2.14. The third kappa shape index (κ3) is 8.58. The summed E-state index contributed by atoms with van der Waals surface area (Å²) in [5.41, 5.74) is 3.65. The molecule has 0 aliphatic carbocycles. The molecule has 3 N–H and O–H groups in total. The molecule has 0 aromatic heterocycles. The Kier molecular flexibility index (Phi) is 9.96. The van der Waals surface area contributed by atoms with E-state index in [1.807, 2.05) is 98.7 Å². The fraction of sp³-hybridized carbons (Fsp3) is 0.121. The van der Waals surface area contributed by atoms with Gasteiger partial charge in [0.05, 0.1) is 5.25 Å². The normalized spacial score (nSPS) is 11.7. The van der Waals surface area contributed by atoms with Crippen LogP contribution in [-0.2, 0) is 9.59 Å². The SMILES string of the molecule is CC(Sc1ccc(NC(=O)/C(=C/c2ccc(N(C)C)cc2)NC(=O)c2ccccc2)cc1)C(=O)Nc1ccccc1. The number of hydrogen-bond donors (Lipinski definition) is 3. The highest BCUT2D eigenvalue weighted by Gasteiger charge is 2.17. The van der Waals surface area contributed by atoms with Gasteiger partial charge in [0, 0.05) is 41.6 Å². The molecular weight excluding hydrogens is 532 g/mol. The summed E-state index contributed by atoms with van der Waals surface area (Å²) in [4.78, 5) is 41.6. The lowest BCUT2D eigenvalue weighted by atomic mass is 10.1. The van der Waals surface area contributed by atoms with E-state index < -0.39 is 5.91 Å². The molecule has 0 saturated heterocycles. The van der Waals surface area contributed by atoms with Crippen molar-refractivity contribution >= 4 is 52.6 Å². The summed E-state index contributed by atoms with van der Waals surface area (Å²) in [7, 11) is 3.90. The largest absolute Gasteiger partial charge is 0.378 e. The second-order valence-electron chi connectivity index (χ2n) is 9.46. The number of hydrogen-bond acceptors (Lipinski definition) is 5. The van der Waals surface area contributed by atoms with E-state index in [2.05, 4.69) is 16.0 Å². The van der Waals surface area contributed by atoms with Crippen LogP contribution in [0.5, 0.6) is 0 Å². The molecular formula is C33H32N4O3S. The molecule has 0 radical (unpaired) electrons. The summed E-state index contributed by atoms with van der Waals surface area (Å²) in [5.74, 6) is -0.936. The molecule has 208 valence electrons. The van der Waals surface area contributed by atoms with E-state index in [0.717, 1.165) is 21.8 Å². The predicted molar refractivity (Wildman–Crippen MR) is 168 cm³/mol. The van der Waals surface area contributed by atoms with Crippen molar-refractivity contribution in [2.24, 2.45) is 0 Å². The minimum atomic E-state index is -0.457. The topological polar surface area (TPSA) is 90.5 Å². The van der Waals surface area contributed by atoms with Crippen molar-refractivity contribution in [3.8, 4) is 0 Å². The van der Waals surface area contributed by atoms with Crippen LogP contribution in [0, 0.1) is 0 Å². The van der Waals surface area contributed by atoms with Gasteiger partial charge in [-0.1, -0.05) is 48.5 Å². The third-order valence-electron chi connectivity index (χ3n) is 6.08. The zero-order chi connectivity index (χ0) is 29.2. The van der Waals surface area contributed by atoms with Gasteiger partial charge in [0.1, 0.15) is 5.70 Å². The lowest BCUT2D eigenvalue weighted by molar-refractivity contribution is -0.115. The molecule has 1 atom stereocenters. The Balaban J connectivity index is 1.45. The van der Waals surface area contributed by atoms with Gasteiger partial charge in [-0.3, -0.25) is 14.4 Å². The van der Waals surface area contributed by atoms with Crippen LogP contribution in [0.15, 0.2) is 120 Å². The first-order valence-corrected chi connectivity index (χ1v) is 14.0. The highest BCUT2D eigenvalue weighted by molar-refractivity contribution is 8.00. The van der Waals surface area contributed by atoms with E-state index in [1.165, 1.54) is 11.8 Å². The van der Waals surface area contributed by atoms with Crippen molar-refractivity contribution in [2.45, 2.75) is 17.1 Å². The van der Waals surface area contributed by atoms with E-state index in [0.29, 0.717) is 11.3 Å². The number of nitrogens with one attached hydrogen (secondary N) is 3. The number of para-hydroxylation sites is 1. The Morgan fingerprint density at radius 1 is 0.732 bits per heavy atom. The summed E-state index contributed by atoms with van der Waals surface area (Å²) in [5, 5.41) is 8.21. The molecule has 4 rings (SSSR count). The van der Waals surface area contributed by atoms with Gasteiger partial charge in [-0.05, 0) is 79.2 Å². The van der Waals surface area contributed by atoms with Crippen LogP contribution in [0.1, 0.15) is 22.8 Å². The molecule has 7 nitrogen and oxygen atoms in total. The number of rotatable bonds is 10. The first-order chi connectivity index (χ1) is 19.8. The van der Waals surface area contributed by atoms with E-state index in [4.69, 9.17) is 0 Å². The van der Waals surface area contributed by atoms with Crippen LogP contribution < -0.4 is 20.9 Å². The first kappa shape index (κ1) is 29.2. The minimum absolute atomic E-state index is 0.0962. The zero-order valence-corrected chi connectivity index (χ0v) is 23.9. The highest BCUT2D eigenvalue weighted by Crippen LogP contribution is 2.26. The number of thioether (sulfide) groups is 1. The third-order valence-corrected chi connectivity index (χ3v) is 7.20. The Labute approximate surface area is 244 Å². The average Bonchev–Trinajstić information content (AvgIpc) is 2.99. The Bertz CT molecular complexity index is 1500. The lowest BCUT2D eigenvalue weighted by Crippen LogP contribution is -2.30. The molecule has 0 aliphatic rings. The monoisotopic (exact) mass is 564 g/mol. The molecule has 41 heavy (non-hydrogen) atoms. The van der Waals surface area contributed by atoms with Crippen LogP contribution in [0.3, 0.4) is 0 Å². The fourth-order valence-corrected chi connectivity index (χ4v) is 4.68. The summed E-state index contributed by atoms with van der Waals surface area (Å²) >= 11 is 1.42. The molecule has 0 bridgehead atoms. The highest BCUT2D eigenvalue weighted by atomic mass is 32.2. The van der Waals surface area contributed by atoms with Gasteiger partial charge in [-0.25, -0.2) is 0 Å². The fourth-order valence-electron chi connectivity index (χ4n) is 3.82. The van der Waals surface area contributed by atoms with Crippen molar-refractivity contribution in [1.82, 2.24) is 5.32 Å². The van der Waals surface area contributed by atoms with Gasteiger partial charge in [0.2, 0.25) is 5.91 Å². The standard InChI is InChI=1S/C33H32N4O3S/c1-23(31(38)34-26-12-8-5-9-13-26)41-29-20-16-27(17-21-29)35-33(40)30(36-32(39)25-10-6-4-7-11-25)22-24-14-18-28(19-15-24)37(2)3/h4-23H,1-3H3,(H,34,38)(H,35,40)(H,36,39)/b30-22-. The Morgan fingerprint density at radius 2 is 1.32 bits per heavy atom. The quantitative estimate of drug-likeness (QED) is 0.156. The summed E-state index contributed by atoms with van der Waals surface area (Å²) in [6.45, 7) is 1.84. The van der Waals surface area contributed by atoms with Gasteiger partial charge in [-0.2, -0.15) is 0 Å². The molecule has 0 aliphatic heterocycles. The summed E-state index contributed by atoms with van der Waals surface area (Å²) < 4.78 is 0. The minimum Gasteiger partial charge on any atom is -0.378 e. The average molecular weight is 565 g/mol. The number of anilines is 3. The van der Waals surface area contributed by atoms with E-state index in [9.17, 15) is 14.4 Å². The Morgan fingerprint density at radius 3 is 1.93 bits per heavy atom. The van der Waals surface area contributed by atoms with E-state index >= 15 is 0 Å². The molecule has 1 unspecified atom stereocenters. The molecule has 0 fully saturated rings. The van der Waals surface area contributed by atoms with E-state index in [-0.39, 0.29) is 22.8 Å². The Hall–Kier alpha value is -4.82. The summed E-state index contributed by atoms with van der Waals surface area (Å²) in [6, 6.07) is 32.9. The predicted octanol–water partition coefficient (Wildman–Crippen LogP) is 6.28. The van der Waals surface area contributed by atoms with Crippen molar-refractivity contribution in [1.29, 1.82) is 0 Å². The van der Waals surface area contributed by atoms with Crippen molar-refractivity contribution in [3.63, 3.8) is 0 Å². The molecule has 8 heteroatoms. The zero-order valence-electron chi connectivity index (χ0n) is 23.1. The number of carbonyl (C=O) groups is 3. The summed E-state index contributed by atoms with van der Waals surface area (Å²) in [6.07, 6.45) is 1.65. The first-order valence-electron chi connectivity index (χ1n) is 13.1. The van der Waals surface area contributed by atoms with Crippen molar-refractivity contribution in [3.05, 3.63) is 126 Å². The number of carbonyl (C=O) groups excluding carboxylic acids is 3. The number of amides is 3. The van der Waals surface area contributed by atoms with Crippen LogP contribution in [0.2, 0.25) is 0 Å². The van der Waals surface area contributed by atoms with E-state index in [1.54, 1.807) is 42.5 Å². The van der Waals surface area contributed by atoms with Crippen LogP contribution in [-0.4, -0.2) is 37.1 Å². The molecule has 4 aromatic carbocycles. The molecule has 0 saturated carbocycles. The molecule has 0 heterocycles. The molecule has 0 spiro atoms. The van der Waals surface area contributed by atoms with Crippen LogP contribution in [0.25, 0.3) is 6.08 Å². The number of benzene rings is 4. The van der Waals surface area contributed by atoms with Crippen molar-refractivity contribution < 1.29 is 14.4 Å². The van der Waals surface area contributed by atoms with Crippen molar-refractivity contribution in [2.75, 3.05) is 29.6 Å². The number of nitrogens with zero attached hydrogens (tertiary/aromatic N) is 1. The second kappa shape index (κ2) is 14.0. The van der Waals surface area contributed by atoms with Gasteiger partial charge in [0.15, 0.2) is 0 Å². The molecule has 3 amide bonds. The van der Waals surface area contributed by atoms with Gasteiger partial charge >= 0.3 is 0 Å². The van der Waals surface area contributed by atoms with Crippen LogP contribution in [0.4, 0.5) is 17.1 Å². The maximum Gasteiger partial charge on any atom is 0.272 e. The maximum atomic E-state index is 13.3. The second-order valence-corrected chi connectivity index (χ2v) is 10.9. The van der Waals surface area contributed by atoms with Gasteiger partial charge in [-0.15, -0.1) is 11.8 Å². The smallest absolute Gasteiger partial charge is 0.272 e. The maximum absolute atomic E-state index is 13.3. The van der Waals surface area contributed by atoms with Crippen LogP contribution >= 0.6 is 11.8 Å². The molecule has 4 aromatic rings. The van der Waals surface area contributed by atoms with Gasteiger partial charge in [0.25, 0.3) is 11.8 Å². The van der Waals surface area contributed by atoms with Gasteiger partial charge < -0.3 is 20.9 Å².